The predicted molar refractivity (Wildman–Crippen MR) is 99.3 cm³/mol. The first-order chi connectivity index (χ1) is 12.4. The quantitative estimate of drug-likeness (QED) is 0.658. The summed E-state index contributed by atoms with van der Waals surface area (Å²) in [7, 11) is -8.25. The summed E-state index contributed by atoms with van der Waals surface area (Å²) in [6.07, 6.45) is 0. The van der Waals surface area contributed by atoms with Crippen LogP contribution in [0.1, 0.15) is 0 Å². The second-order valence-corrected chi connectivity index (χ2v) is 8.77. The van der Waals surface area contributed by atoms with Crippen molar-refractivity contribution < 1.29 is 16.8 Å². The van der Waals surface area contributed by atoms with Crippen LogP contribution in [0.5, 0.6) is 0 Å². The molecular formula is C18H16N2O4S2. The number of anilines is 1. The van der Waals surface area contributed by atoms with Crippen molar-refractivity contribution in [2.45, 2.75) is 9.79 Å². The molecular weight excluding hydrogens is 372 g/mol. The highest BCUT2D eigenvalue weighted by Crippen LogP contribution is 2.23. The molecule has 26 heavy (non-hydrogen) atoms. The minimum absolute atomic E-state index is 0.0281. The summed E-state index contributed by atoms with van der Waals surface area (Å²) in [5.41, 5.74) is 0.177. The lowest BCUT2D eigenvalue weighted by Crippen LogP contribution is -2.46. The van der Waals surface area contributed by atoms with Gasteiger partial charge in [-0.2, -0.15) is 12.8 Å². The van der Waals surface area contributed by atoms with E-state index < -0.39 is 20.0 Å². The van der Waals surface area contributed by atoms with Crippen molar-refractivity contribution in [3.8, 4) is 0 Å². The summed E-state index contributed by atoms with van der Waals surface area (Å²) in [6, 6.07) is 23.2. The fraction of sp³-hybridized carbons (Fsp3) is 0. The van der Waals surface area contributed by atoms with E-state index in [1.807, 2.05) is 0 Å². The molecule has 3 aromatic rings. The summed E-state index contributed by atoms with van der Waals surface area (Å²) >= 11 is 0. The molecule has 0 unspecified atom stereocenters. The van der Waals surface area contributed by atoms with Crippen LogP contribution in [0, 0.1) is 0 Å². The maximum atomic E-state index is 13.0. The molecule has 134 valence electrons. The number of sulfonamides is 2. The van der Waals surface area contributed by atoms with Crippen molar-refractivity contribution >= 4 is 25.7 Å². The average molecular weight is 388 g/mol. The van der Waals surface area contributed by atoms with Gasteiger partial charge < -0.3 is 0 Å². The average Bonchev–Trinajstić information content (AvgIpc) is 2.68. The molecule has 3 aromatic carbocycles. The van der Waals surface area contributed by atoms with Gasteiger partial charge in [-0.15, -0.1) is 4.83 Å². The topological polar surface area (TPSA) is 83.6 Å². The number of hydrazine groups is 1. The number of hydrogen-bond acceptors (Lipinski definition) is 4. The van der Waals surface area contributed by atoms with E-state index in [1.54, 1.807) is 54.6 Å². The summed E-state index contributed by atoms with van der Waals surface area (Å²) in [6.45, 7) is 0. The Bertz CT molecular complexity index is 1070. The monoisotopic (exact) mass is 388 g/mol. The van der Waals surface area contributed by atoms with Gasteiger partial charge in [0.1, 0.15) is 0 Å². The van der Waals surface area contributed by atoms with E-state index in [0.29, 0.717) is 4.41 Å². The standard InChI is InChI=1S/C18H16N2O4S2/c21-25(22,17-12-6-2-7-13-17)19-20(16-10-4-1-5-11-16)26(23,24)18-14-8-3-9-15-18/h1-15,19H. The van der Waals surface area contributed by atoms with Gasteiger partial charge in [0.25, 0.3) is 20.0 Å². The first-order valence-electron chi connectivity index (χ1n) is 7.64. The van der Waals surface area contributed by atoms with E-state index in [2.05, 4.69) is 4.83 Å². The third-order valence-corrected chi connectivity index (χ3v) is 6.61. The molecule has 0 aromatic heterocycles. The lowest BCUT2D eigenvalue weighted by molar-refractivity contribution is 0.570. The van der Waals surface area contributed by atoms with E-state index in [4.69, 9.17) is 0 Å². The van der Waals surface area contributed by atoms with Crippen LogP contribution in [0.4, 0.5) is 5.69 Å². The van der Waals surface area contributed by atoms with Gasteiger partial charge in [0.05, 0.1) is 15.5 Å². The second-order valence-electron chi connectivity index (χ2n) is 5.33. The summed E-state index contributed by atoms with van der Waals surface area (Å²) in [4.78, 5) is 2.12. The molecule has 0 saturated carbocycles. The molecule has 0 aliphatic rings. The van der Waals surface area contributed by atoms with Crippen molar-refractivity contribution in [3.63, 3.8) is 0 Å². The highest BCUT2D eigenvalue weighted by molar-refractivity contribution is 7.95. The lowest BCUT2D eigenvalue weighted by Gasteiger charge is -2.24. The SMILES string of the molecule is O=S(=O)(NN(c1ccccc1)S(=O)(=O)c1ccccc1)c1ccccc1. The fourth-order valence-corrected chi connectivity index (χ4v) is 5.01. The first-order valence-corrected chi connectivity index (χ1v) is 10.6. The molecule has 0 aliphatic heterocycles. The minimum atomic E-state index is -4.15. The van der Waals surface area contributed by atoms with E-state index in [1.165, 1.54) is 36.4 Å². The van der Waals surface area contributed by atoms with Crippen LogP contribution in [-0.2, 0) is 20.0 Å². The number of hydrogen-bond donors (Lipinski definition) is 1. The van der Waals surface area contributed by atoms with Crippen LogP contribution in [0.2, 0.25) is 0 Å². The molecule has 0 radical (unpaired) electrons. The Kier molecular flexibility index (Phi) is 5.08. The van der Waals surface area contributed by atoms with Crippen molar-refractivity contribution in [1.29, 1.82) is 0 Å². The van der Waals surface area contributed by atoms with Crippen molar-refractivity contribution in [1.82, 2.24) is 4.83 Å². The third-order valence-electron chi connectivity index (χ3n) is 3.53. The molecule has 0 fully saturated rings. The Balaban J connectivity index is 2.09. The number of benzene rings is 3. The van der Waals surface area contributed by atoms with Gasteiger partial charge in [-0.05, 0) is 36.4 Å². The van der Waals surface area contributed by atoms with E-state index in [-0.39, 0.29) is 15.5 Å². The van der Waals surface area contributed by atoms with E-state index in [0.717, 1.165) is 0 Å². The maximum Gasteiger partial charge on any atom is 0.278 e. The van der Waals surface area contributed by atoms with Crippen LogP contribution in [-0.4, -0.2) is 16.8 Å². The molecule has 3 rings (SSSR count). The first kappa shape index (κ1) is 18.1. The molecule has 0 amide bonds. The summed E-state index contributed by atoms with van der Waals surface area (Å²) in [5, 5.41) is 0. The van der Waals surface area contributed by atoms with Crippen LogP contribution in [0.25, 0.3) is 0 Å². The third kappa shape index (κ3) is 3.77. The predicted octanol–water partition coefficient (Wildman–Crippen LogP) is 2.78. The van der Waals surface area contributed by atoms with Crippen molar-refractivity contribution in [2.24, 2.45) is 0 Å². The van der Waals surface area contributed by atoms with Gasteiger partial charge in [0.2, 0.25) is 0 Å². The van der Waals surface area contributed by atoms with Crippen molar-refractivity contribution in [2.75, 3.05) is 4.41 Å². The number of nitrogens with one attached hydrogen (secondary N) is 1. The molecule has 0 aliphatic carbocycles. The van der Waals surface area contributed by atoms with Gasteiger partial charge >= 0.3 is 0 Å². The highest BCUT2D eigenvalue weighted by Gasteiger charge is 2.29. The molecule has 0 bridgehead atoms. The van der Waals surface area contributed by atoms with Crippen LogP contribution in [0.15, 0.2) is 101 Å². The zero-order valence-corrected chi connectivity index (χ0v) is 15.2. The Morgan fingerprint density at radius 1 is 0.577 bits per heavy atom. The van der Waals surface area contributed by atoms with Gasteiger partial charge in [-0.25, -0.2) is 8.42 Å². The smallest absolute Gasteiger partial charge is 0.205 e. The molecule has 6 nitrogen and oxygen atoms in total. The second kappa shape index (κ2) is 7.28. The van der Waals surface area contributed by atoms with Gasteiger partial charge in [0.15, 0.2) is 0 Å². The minimum Gasteiger partial charge on any atom is -0.205 e. The summed E-state index contributed by atoms with van der Waals surface area (Å²) < 4.78 is 52.1. The van der Waals surface area contributed by atoms with Gasteiger partial charge in [0, 0.05) is 0 Å². The van der Waals surface area contributed by atoms with Crippen LogP contribution >= 0.6 is 0 Å². The molecule has 0 spiro atoms. The van der Waals surface area contributed by atoms with E-state index >= 15 is 0 Å². The fourth-order valence-electron chi connectivity index (χ4n) is 2.26. The number of rotatable bonds is 6. The molecule has 8 heteroatoms. The van der Waals surface area contributed by atoms with Crippen LogP contribution < -0.4 is 9.25 Å². The Morgan fingerprint density at radius 2 is 1.00 bits per heavy atom. The lowest BCUT2D eigenvalue weighted by atomic mass is 10.3. The normalized spacial score (nSPS) is 11.8. The van der Waals surface area contributed by atoms with Crippen molar-refractivity contribution in [3.05, 3.63) is 91.0 Å². The largest absolute Gasteiger partial charge is 0.278 e. The van der Waals surface area contributed by atoms with Crippen LogP contribution in [0.3, 0.4) is 0 Å². The Labute approximate surface area is 152 Å². The molecule has 0 saturated heterocycles. The number of para-hydroxylation sites is 1. The zero-order valence-electron chi connectivity index (χ0n) is 13.6. The molecule has 1 N–H and O–H groups in total. The Hall–Kier alpha value is -2.68. The van der Waals surface area contributed by atoms with Gasteiger partial charge in [-0.1, -0.05) is 54.6 Å². The number of nitrogens with zero attached hydrogens (tertiary/aromatic N) is 1. The van der Waals surface area contributed by atoms with Gasteiger partial charge in [-0.3, -0.25) is 0 Å². The van der Waals surface area contributed by atoms with E-state index in [9.17, 15) is 16.8 Å². The summed E-state index contributed by atoms with van der Waals surface area (Å²) in [5.74, 6) is 0. The molecule has 0 atom stereocenters. The Morgan fingerprint density at radius 3 is 1.50 bits per heavy atom. The molecule has 0 heterocycles. The zero-order chi connectivity index (χ0) is 18.6. The highest BCUT2D eigenvalue weighted by atomic mass is 32.2. The maximum absolute atomic E-state index is 13.0.